The lowest BCUT2D eigenvalue weighted by Crippen LogP contribution is -2.57. The summed E-state index contributed by atoms with van der Waals surface area (Å²) in [7, 11) is 1.57. The van der Waals surface area contributed by atoms with Gasteiger partial charge in [-0.3, -0.25) is 4.79 Å². The maximum absolute atomic E-state index is 12.5. The standard InChI is InChI=1S/C17H25N3O4/c1-5-13-16(21)18-8-9-20(13)17(22)19-12-6-7-14(23-4)15(10-12)24-11(2)3/h6-7,10-11,13H,5,8-9H2,1-4H3,(H,18,21)(H,19,22). The highest BCUT2D eigenvalue weighted by Gasteiger charge is 2.31. The van der Waals surface area contributed by atoms with E-state index in [4.69, 9.17) is 9.47 Å². The molecule has 2 N–H and O–H groups in total. The van der Waals surface area contributed by atoms with Crippen molar-refractivity contribution in [1.29, 1.82) is 0 Å². The molecule has 0 bridgehead atoms. The number of ether oxygens (including phenoxy) is 2. The van der Waals surface area contributed by atoms with E-state index in [1.807, 2.05) is 20.8 Å². The van der Waals surface area contributed by atoms with Crippen LogP contribution in [0.2, 0.25) is 0 Å². The van der Waals surface area contributed by atoms with Crippen LogP contribution < -0.4 is 20.1 Å². The molecule has 1 fully saturated rings. The number of hydrogen-bond donors (Lipinski definition) is 2. The molecule has 0 saturated carbocycles. The zero-order chi connectivity index (χ0) is 17.7. The second kappa shape index (κ2) is 7.90. The van der Waals surface area contributed by atoms with E-state index in [0.717, 1.165) is 0 Å². The number of anilines is 1. The Morgan fingerprint density at radius 3 is 2.79 bits per heavy atom. The smallest absolute Gasteiger partial charge is 0.322 e. The summed E-state index contributed by atoms with van der Waals surface area (Å²) in [6, 6.07) is 4.48. The van der Waals surface area contributed by atoms with Crippen LogP contribution in [0, 0.1) is 0 Å². The van der Waals surface area contributed by atoms with Crippen molar-refractivity contribution in [3.63, 3.8) is 0 Å². The molecule has 1 aromatic rings. The van der Waals surface area contributed by atoms with Gasteiger partial charge < -0.3 is 25.0 Å². The molecule has 3 amide bonds. The van der Waals surface area contributed by atoms with Crippen LogP contribution >= 0.6 is 0 Å². The number of amides is 3. The van der Waals surface area contributed by atoms with Crippen LogP contribution in [0.15, 0.2) is 18.2 Å². The van der Waals surface area contributed by atoms with Gasteiger partial charge >= 0.3 is 6.03 Å². The summed E-state index contributed by atoms with van der Waals surface area (Å²) in [6.45, 7) is 6.68. The molecule has 0 aliphatic carbocycles. The predicted octanol–water partition coefficient (Wildman–Crippen LogP) is 2.22. The number of hydrogen-bond acceptors (Lipinski definition) is 4. The third kappa shape index (κ3) is 4.10. The van der Waals surface area contributed by atoms with E-state index in [1.54, 1.807) is 30.2 Å². The van der Waals surface area contributed by atoms with Gasteiger partial charge in [0.25, 0.3) is 0 Å². The maximum Gasteiger partial charge on any atom is 0.322 e. The van der Waals surface area contributed by atoms with Crippen LogP contribution in [0.1, 0.15) is 27.2 Å². The van der Waals surface area contributed by atoms with E-state index in [2.05, 4.69) is 10.6 Å². The van der Waals surface area contributed by atoms with Crippen molar-refractivity contribution in [2.45, 2.75) is 39.3 Å². The molecule has 1 saturated heterocycles. The SMILES string of the molecule is CCC1C(=O)NCCN1C(=O)Nc1ccc(OC)c(OC(C)C)c1. The highest BCUT2D eigenvalue weighted by Crippen LogP contribution is 2.31. The van der Waals surface area contributed by atoms with E-state index >= 15 is 0 Å². The van der Waals surface area contributed by atoms with Crippen LogP contribution in [0.4, 0.5) is 10.5 Å². The second-order valence-corrected chi connectivity index (χ2v) is 5.87. The van der Waals surface area contributed by atoms with Crippen LogP contribution in [0.3, 0.4) is 0 Å². The van der Waals surface area contributed by atoms with Crippen molar-refractivity contribution in [3.05, 3.63) is 18.2 Å². The number of carbonyl (C=O) groups excluding carboxylic acids is 2. The number of rotatable bonds is 5. The highest BCUT2D eigenvalue weighted by molar-refractivity contribution is 5.94. The van der Waals surface area contributed by atoms with Gasteiger partial charge in [0, 0.05) is 24.8 Å². The molecule has 1 aliphatic heterocycles. The Labute approximate surface area is 142 Å². The molecule has 1 aliphatic rings. The van der Waals surface area contributed by atoms with Gasteiger partial charge in [-0.05, 0) is 32.4 Å². The van der Waals surface area contributed by atoms with Gasteiger partial charge in [0.15, 0.2) is 11.5 Å². The molecule has 0 spiro atoms. The lowest BCUT2D eigenvalue weighted by atomic mass is 10.1. The molecule has 1 unspecified atom stereocenters. The minimum atomic E-state index is -0.441. The quantitative estimate of drug-likeness (QED) is 0.865. The molecule has 0 aromatic heterocycles. The van der Waals surface area contributed by atoms with Crippen molar-refractivity contribution in [1.82, 2.24) is 10.2 Å². The van der Waals surface area contributed by atoms with Crippen LogP contribution in [0.5, 0.6) is 11.5 Å². The number of benzene rings is 1. The molecule has 24 heavy (non-hydrogen) atoms. The normalized spacial score (nSPS) is 17.5. The summed E-state index contributed by atoms with van der Waals surface area (Å²) in [4.78, 5) is 26.0. The van der Waals surface area contributed by atoms with E-state index in [9.17, 15) is 9.59 Å². The Kier molecular flexibility index (Phi) is 5.89. The molecule has 1 heterocycles. The van der Waals surface area contributed by atoms with E-state index < -0.39 is 6.04 Å². The molecule has 0 radical (unpaired) electrons. The summed E-state index contributed by atoms with van der Waals surface area (Å²) in [5, 5.41) is 5.61. The minimum Gasteiger partial charge on any atom is -0.493 e. The Bertz CT molecular complexity index is 603. The molecule has 1 aromatic carbocycles. The fourth-order valence-corrected chi connectivity index (χ4v) is 2.66. The van der Waals surface area contributed by atoms with Crippen LogP contribution in [-0.4, -0.2) is 49.2 Å². The first-order chi connectivity index (χ1) is 11.5. The Hall–Kier alpha value is -2.44. The van der Waals surface area contributed by atoms with Gasteiger partial charge in [-0.1, -0.05) is 6.92 Å². The summed E-state index contributed by atoms with van der Waals surface area (Å²) in [5.74, 6) is 1.05. The van der Waals surface area contributed by atoms with Gasteiger partial charge in [0.1, 0.15) is 6.04 Å². The van der Waals surface area contributed by atoms with E-state index in [-0.39, 0.29) is 18.0 Å². The summed E-state index contributed by atoms with van der Waals surface area (Å²) in [6.07, 6.45) is 0.559. The van der Waals surface area contributed by atoms with Gasteiger partial charge in [0.2, 0.25) is 5.91 Å². The molecule has 2 rings (SSSR count). The molecule has 1 atom stereocenters. The average Bonchev–Trinajstić information content (AvgIpc) is 2.54. The number of nitrogens with one attached hydrogen (secondary N) is 2. The first-order valence-electron chi connectivity index (χ1n) is 8.16. The third-order valence-corrected chi connectivity index (χ3v) is 3.76. The van der Waals surface area contributed by atoms with Crippen LogP contribution in [-0.2, 0) is 4.79 Å². The molecular formula is C17H25N3O4. The van der Waals surface area contributed by atoms with Crippen LogP contribution in [0.25, 0.3) is 0 Å². The van der Waals surface area contributed by atoms with Gasteiger partial charge in [-0.25, -0.2) is 4.79 Å². The van der Waals surface area contributed by atoms with E-state index in [1.165, 1.54) is 0 Å². The zero-order valence-electron chi connectivity index (χ0n) is 14.6. The van der Waals surface area contributed by atoms with Crippen molar-refractivity contribution in [3.8, 4) is 11.5 Å². The van der Waals surface area contributed by atoms with Gasteiger partial charge in [0.05, 0.1) is 13.2 Å². The Morgan fingerprint density at radius 1 is 1.42 bits per heavy atom. The molecule has 7 nitrogen and oxygen atoms in total. The lowest BCUT2D eigenvalue weighted by Gasteiger charge is -2.34. The Balaban J connectivity index is 2.14. The fourth-order valence-electron chi connectivity index (χ4n) is 2.66. The van der Waals surface area contributed by atoms with Crippen molar-refractivity contribution >= 4 is 17.6 Å². The lowest BCUT2D eigenvalue weighted by molar-refractivity contribution is -0.127. The largest absolute Gasteiger partial charge is 0.493 e. The topological polar surface area (TPSA) is 79.9 Å². The summed E-state index contributed by atoms with van der Waals surface area (Å²) < 4.78 is 11.0. The number of piperazine rings is 1. The van der Waals surface area contributed by atoms with E-state index in [0.29, 0.717) is 36.7 Å². The van der Waals surface area contributed by atoms with Crippen molar-refractivity contribution in [2.24, 2.45) is 0 Å². The maximum atomic E-state index is 12.5. The zero-order valence-corrected chi connectivity index (χ0v) is 14.6. The summed E-state index contributed by atoms with van der Waals surface area (Å²) >= 11 is 0. The highest BCUT2D eigenvalue weighted by atomic mass is 16.5. The second-order valence-electron chi connectivity index (χ2n) is 5.87. The van der Waals surface area contributed by atoms with Crippen molar-refractivity contribution in [2.75, 3.05) is 25.5 Å². The average molecular weight is 335 g/mol. The first-order valence-corrected chi connectivity index (χ1v) is 8.16. The summed E-state index contributed by atoms with van der Waals surface area (Å²) in [5.41, 5.74) is 0.595. The number of urea groups is 1. The molecule has 132 valence electrons. The monoisotopic (exact) mass is 335 g/mol. The van der Waals surface area contributed by atoms with Crippen molar-refractivity contribution < 1.29 is 19.1 Å². The minimum absolute atomic E-state index is 0.0138. The number of nitrogens with zero attached hydrogens (tertiary/aromatic N) is 1. The predicted molar refractivity (Wildman–Crippen MR) is 91.6 cm³/mol. The first kappa shape index (κ1) is 17.9. The third-order valence-electron chi connectivity index (χ3n) is 3.76. The molecule has 7 heteroatoms. The Morgan fingerprint density at radius 2 is 2.17 bits per heavy atom. The number of carbonyl (C=O) groups is 2. The van der Waals surface area contributed by atoms with Gasteiger partial charge in [-0.2, -0.15) is 0 Å². The molecular weight excluding hydrogens is 310 g/mol. The fraction of sp³-hybridized carbons (Fsp3) is 0.529. The van der Waals surface area contributed by atoms with Gasteiger partial charge in [-0.15, -0.1) is 0 Å². The number of methoxy groups -OCH3 is 1.